The minimum atomic E-state index is -1.12. The van der Waals surface area contributed by atoms with Crippen molar-refractivity contribution in [3.05, 3.63) is 82.4 Å². The Morgan fingerprint density at radius 3 is 2.24 bits per heavy atom. The van der Waals surface area contributed by atoms with Crippen LogP contribution in [0.15, 0.2) is 60.7 Å². The van der Waals surface area contributed by atoms with E-state index in [4.69, 9.17) is 11.6 Å². The number of piperazine rings is 1. The first-order valence-electron chi connectivity index (χ1n) is 10.6. The van der Waals surface area contributed by atoms with Crippen LogP contribution < -0.4 is 15.1 Å². The summed E-state index contributed by atoms with van der Waals surface area (Å²) in [6, 6.07) is 16.6. The Bertz CT molecular complexity index is 1190. The molecular formula is C25H24ClN3O4. The van der Waals surface area contributed by atoms with Gasteiger partial charge in [0.2, 0.25) is 0 Å². The van der Waals surface area contributed by atoms with Crippen molar-refractivity contribution < 1.29 is 19.8 Å². The maximum atomic E-state index is 12.5. The molecule has 1 heterocycles. The van der Waals surface area contributed by atoms with Gasteiger partial charge in [-0.15, -0.1) is 0 Å². The monoisotopic (exact) mass is 465 g/mol. The summed E-state index contributed by atoms with van der Waals surface area (Å²) >= 11 is 6.17. The molecule has 0 aromatic heterocycles. The first-order chi connectivity index (χ1) is 15.8. The van der Waals surface area contributed by atoms with Gasteiger partial charge in [-0.1, -0.05) is 17.7 Å². The molecule has 0 unspecified atom stereocenters. The van der Waals surface area contributed by atoms with Crippen molar-refractivity contribution in [3.8, 4) is 5.75 Å². The van der Waals surface area contributed by atoms with Gasteiger partial charge in [0.25, 0.3) is 5.91 Å². The lowest BCUT2D eigenvalue weighted by atomic mass is 10.1. The van der Waals surface area contributed by atoms with Crippen molar-refractivity contribution in [1.82, 2.24) is 0 Å². The molecule has 170 valence electrons. The number of rotatable bonds is 5. The molecule has 1 amide bonds. The summed E-state index contributed by atoms with van der Waals surface area (Å²) < 4.78 is 0. The van der Waals surface area contributed by atoms with Gasteiger partial charge in [-0.2, -0.15) is 0 Å². The predicted octanol–water partition coefficient (Wildman–Crippen LogP) is 4.63. The maximum Gasteiger partial charge on any atom is 0.337 e. The Kier molecular flexibility index (Phi) is 6.42. The second-order valence-electron chi connectivity index (χ2n) is 7.94. The van der Waals surface area contributed by atoms with Crippen molar-refractivity contribution in [1.29, 1.82) is 0 Å². The van der Waals surface area contributed by atoms with E-state index < -0.39 is 11.9 Å². The average Bonchev–Trinajstić information content (AvgIpc) is 2.81. The lowest BCUT2D eigenvalue weighted by Gasteiger charge is -2.38. The summed E-state index contributed by atoms with van der Waals surface area (Å²) in [4.78, 5) is 28.8. The minimum absolute atomic E-state index is 0.0211. The molecule has 1 saturated heterocycles. The molecule has 3 aromatic carbocycles. The van der Waals surface area contributed by atoms with Gasteiger partial charge in [-0.05, 0) is 67.1 Å². The number of halogens is 1. The van der Waals surface area contributed by atoms with Gasteiger partial charge < -0.3 is 25.3 Å². The quantitative estimate of drug-likeness (QED) is 0.508. The summed E-state index contributed by atoms with van der Waals surface area (Å²) in [5, 5.41) is 22.5. The van der Waals surface area contributed by atoms with Crippen LogP contribution in [-0.2, 0) is 0 Å². The molecule has 3 N–H and O–H groups in total. The molecule has 0 spiro atoms. The molecule has 1 aliphatic rings. The van der Waals surface area contributed by atoms with Crippen LogP contribution in [0.4, 0.5) is 17.1 Å². The molecule has 0 aliphatic carbocycles. The highest BCUT2D eigenvalue weighted by Gasteiger charge is 2.21. The molecule has 0 saturated carbocycles. The molecule has 4 rings (SSSR count). The summed E-state index contributed by atoms with van der Waals surface area (Å²) in [5.74, 6) is -1.52. The normalized spacial score (nSPS) is 13.6. The van der Waals surface area contributed by atoms with Gasteiger partial charge in [0, 0.05) is 48.1 Å². The molecule has 0 atom stereocenters. The van der Waals surface area contributed by atoms with Crippen LogP contribution in [0.2, 0.25) is 5.02 Å². The highest BCUT2D eigenvalue weighted by molar-refractivity contribution is 6.30. The zero-order chi connectivity index (χ0) is 23.5. The van der Waals surface area contributed by atoms with Crippen LogP contribution in [0.3, 0.4) is 0 Å². The molecule has 7 nitrogen and oxygen atoms in total. The summed E-state index contributed by atoms with van der Waals surface area (Å²) in [5.41, 5.74) is 3.62. The first-order valence-corrected chi connectivity index (χ1v) is 10.9. The number of amides is 1. The Balaban J connectivity index is 1.48. The van der Waals surface area contributed by atoms with E-state index in [1.54, 1.807) is 12.1 Å². The van der Waals surface area contributed by atoms with Crippen LogP contribution in [0.25, 0.3) is 0 Å². The third kappa shape index (κ3) is 5.04. The number of aromatic carboxylic acids is 1. The summed E-state index contributed by atoms with van der Waals surface area (Å²) in [6.07, 6.45) is 0. The number of phenols is 1. The fraction of sp³-hybridized carbons (Fsp3) is 0.200. The number of anilines is 3. The van der Waals surface area contributed by atoms with Crippen molar-refractivity contribution >= 4 is 40.5 Å². The summed E-state index contributed by atoms with van der Waals surface area (Å²) in [7, 11) is 0. The van der Waals surface area contributed by atoms with Crippen LogP contribution in [0.1, 0.15) is 26.3 Å². The fourth-order valence-corrected chi connectivity index (χ4v) is 4.12. The largest absolute Gasteiger partial charge is 0.508 e. The van der Waals surface area contributed by atoms with Gasteiger partial charge >= 0.3 is 5.97 Å². The van der Waals surface area contributed by atoms with Crippen molar-refractivity contribution in [2.24, 2.45) is 0 Å². The molecule has 1 aliphatic heterocycles. The minimum Gasteiger partial charge on any atom is -0.508 e. The second kappa shape index (κ2) is 9.42. The molecule has 8 heteroatoms. The standard InChI is InChI=1S/C25H24ClN3O4/c1-16-2-5-18(26)14-23(16)29-12-10-28(11-13-29)19-6-9-22(21(15-19)25(32)33)27-24(31)17-3-7-20(30)8-4-17/h2-9,14-15,30H,10-13H2,1H3,(H,27,31)(H,32,33). The van der Waals surface area contributed by atoms with Crippen molar-refractivity contribution in [3.63, 3.8) is 0 Å². The predicted molar refractivity (Wildman–Crippen MR) is 130 cm³/mol. The van der Waals surface area contributed by atoms with Gasteiger partial charge in [-0.3, -0.25) is 4.79 Å². The Labute approximate surface area is 196 Å². The first kappa shape index (κ1) is 22.5. The van der Waals surface area contributed by atoms with Gasteiger partial charge in [-0.25, -0.2) is 4.79 Å². The number of carbonyl (C=O) groups is 2. The number of hydrogen-bond acceptors (Lipinski definition) is 5. The topological polar surface area (TPSA) is 93.1 Å². The fourth-order valence-electron chi connectivity index (χ4n) is 3.95. The Hall–Kier alpha value is -3.71. The number of nitrogens with one attached hydrogen (secondary N) is 1. The highest BCUT2D eigenvalue weighted by atomic mass is 35.5. The Morgan fingerprint density at radius 2 is 1.58 bits per heavy atom. The average molecular weight is 466 g/mol. The number of carbonyl (C=O) groups excluding carboxylic acids is 1. The lowest BCUT2D eigenvalue weighted by molar-refractivity contribution is 0.0698. The third-order valence-electron chi connectivity index (χ3n) is 5.77. The molecule has 3 aromatic rings. The SMILES string of the molecule is Cc1ccc(Cl)cc1N1CCN(c2ccc(NC(=O)c3ccc(O)cc3)c(C(=O)O)c2)CC1. The molecule has 1 fully saturated rings. The van der Waals surface area contributed by atoms with Gasteiger partial charge in [0.05, 0.1) is 11.3 Å². The number of aromatic hydroxyl groups is 1. The zero-order valence-corrected chi connectivity index (χ0v) is 18.8. The Morgan fingerprint density at radius 1 is 0.909 bits per heavy atom. The van der Waals surface area contributed by atoms with Crippen LogP contribution in [0, 0.1) is 6.92 Å². The third-order valence-corrected chi connectivity index (χ3v) is 6.00. The number of carboxylic acid groups (broad SMARTS) is 1. The van der Waals surface area contributed by atoms with Crippen molar-refractivity contribution in [2.75, 3.05) is 41.3 Å². The van der Waals surface area contributed by atoms with E-state index in [9.17, 15) is 19.8 Å². The van der Waals surface area contributed by atoms with E-state index in [0.29, 0.717) is 10.6 Å². The smallest absolute Gasteiger partial charge is 0.337 e. The van der Waals surface area contributed by atoms with E-state index >= 15 is 0 Å². The summed E-state index contributed by atoms with van der Waals surface area (Å²) in [6.45, 7) is 5.07. The van der Waals surface area contributed by atoms with Crippen LogP contribution >= 0.6 is 11.6 Å². The van der Waals surface area contributed by atoms with E-state index in [2.05, 4.69) is 22.0 Å². The number of aryl methyl sites for hydroxylation is 1. The number of phenolic OH excluding ortho intramolecular Hbond substituents is 1. The number of carboxylic acids is 1. The molecule has 0 radical (unpaired) electrons. The number of hydrogen-bond donors (Lipinski definition) is 3. The maximum absolute atomic E-state index is 12.5. The lowest BCUT2D eigenvalue weighted by Crippen LogP contribution is -2.46. The van der Waals surface area contributed by atoms with Crippen LogP contribution in [-0.4, -0.2) is 48.3 Å². The van der Waals surface area contributed by atoms with Crippen LogP contribution in [0.5, 0.6) is 5.75 Å². The molecule has 33 heavy (non-hydrogen) atoms. The van der Waals surface area contributed by atoms with E-state index in [-0.39, 0.29) is 17.0 Å². The van der Waals surface area contributed by atoms with Gasteiger partial charge in [0.15, 0.2) is 0 Å². The number of nitrogens with zero attached hydrogens (tertiary/aromatic N) is 2. The van der Waals surface area contributed by atoms with E-state index in [1.165, 1.54) is 24.3 Å². The second-order valence-corrected chi connectivity index (χ2v) is 8.38. The van der Waals surface area contributed by atoms with Crippen molar-refractivity contribution in [2.45, 2.75) is 6.92 Å². The highest BCUT2D eigenvalue weighted by Crippen LogP contribution is 2.28. The molecule has 0 bridgehead atoms. The molecular weight excluding hydrogens is 442 g/mol. The van der Waals surface area contributed by atoms with E-state index in [1.807, 2.05) is 24.3 Å². The van der Waals surface area contributed by atoms with Gasteiger partial charge in [0.1, 0.15) is 5.75 Å². The zero-order valence-electron chi connectivity index (χ0n) is 18.1. The van der Waals surface area contributed by atoms with E-state index in [0.717, 1.165) is 43.1 Å². The number of benzene rings is 3.